The van der Waals surface area contributed by atoms with Crippen LogP contribution in [0.5, 0.6) is 0 Å². The zero-order valence-corrected chi connectivity index (χ0v) is 49.6. The zero-order chi connectivity index (χ0) is 56.0. The molecule has 5 N–H and O–H groups in total. The van der Waals surface area contributed by atoms with Gasteiger partial charge in [0, 0.05) is 44.1 Å². The molecule has 6 aliphatic rings. The van der Waals surface area contributed by atoms with Crippen LogP contribution in [0.4, 0.5) is 0 Å². The number of nitrogens with two attached hydrogens (primary N) is 2. The molecular weight excluding hydrogens is 1030 g/mol. The smallest absolute Gasteiger partial charge is 0.282 e. The number of carbonyl (C=O) groups excluding carboxylic acids is 2. The second kappa shape index (κ2) is 25.7. The summed E-state index contributed by atoms with van der Waals surface area (Å²) in [7, 11) is 2.21. The predicted molar refractivity (Wildman–Crippen MR) is 320 cm³/mol. The van der Waals surface area contributed by atoms with E-state index in [9.17, 15) is 14.4 Å². The Labute approximate surface area is 478 Å². The number of aryl methyl sites for hydroxylation is 2. The van der Waals surface area contributed by atoms with Gasteiger partial charge in [0.2, 0.25) is 12.3 Å². The number of hydrazine groups is 1. The van der Waals surface area contributed by atoms with E-state index in [1.165, 1.54) is 78.6 Å². The molecule has 4 aliphatic heterocycles. The number of amides is 2. The topological polar surface area (TPSA) is 168 Å². The van der Waals surface area contributed by atoms with Crippen molar-refractivity contribution in [3.05, 3.63) is 121 Å². The van der Waals surface area contributed by atoms with Crippen LogP contribution in [-0.2, 0) is 19.7 Å². The fourth-order valence-electron chi connectivity index (χ4n) is 13.5. The summed E-state index contributed by atoms with van der Waals surface area (Å²) in [4.78, 5) is 54.4. The van der Waals surface area contributed by atoms with Crippen molar-refractivity contribution in [2.45, 2.75) is 161 Å². The van der Waals surface area contributed by atoms with Crippen molar-refractivity contribution < 1.29 is 14.3 Å². The van der Waals surface area contributed by atoms with Gasteiger partial charge in [-0.3, -0.25) is 23.9 Å². The van der Waals surface area contributed by atoms with E-state index in [1.807, 2.05) is 37.1 Å². The molecule has 5 fully saturated rings. The van der Waals surface area contributed by atoms with E-state index in [-0.39, 0.29) is 34.4 Å². The van der Waals surface area contributed by atoms with Gasteiger partial charge in [-0.2, -0.15) is 4.98 Å². The highest BCUT2D eigenvalue weighted by Gasteiger charge is 2.47. The SMILES string of the molecule is CC1CCCN1C(=O)C(N(N)/C=C(\N)C1CCCCC1)C(C)(C)C.CN1CCC(c2ccc3c(c2)-n2c(nc(=O)c4c(Cl)cccc42)C32CCCCC2)CC1.Cc1nc(C)c(-c2ccc(C(CN3CCOCC3)NC=O)cc2)s1. The van der Waals surface area contributed by atoms with E-state index >= 15 is 0 Å². The van der Waals surface area contributed by atoms with Crippen LogP contribution in [0.25, 0.3) is 27.0 Å². The number of morpholine rings is 1. The summed E-state index contributed by atoms with van der Waals surface area (Å²) < 4.78 is 7.65. The number of ether oxygens (including phenoxy) is 1. The summed E-state index contributed by atoms with van der Waals surface area (Å²) in [5.41, 5.74) is 14.8. The molecule has 0 bridgehead atoms. The van der Waals surface area contributed by atoms with Crippen molar-refractivity contribution in [1.82, 2.24) is 39.6 Å². The normalized spacial score (nSPS) is 20.8. The quantitative estimate of drug-likeness (QED) is 0.0654. The van der Waals surface area contributed by atoms with Crippen molar-refractivity contribution in [2.75, 3.05) is 59.5 Å². The first-order valence-corrected chi connectivity index (χ1v) is 30.6. The van der Waals surface area contributed by atoms with Crippen LogP contribution in [0, 0.1) is 25.2 Å². The minimum Gasteiger partial charge on any atom is -0.401 e. The second-order valence-corrected chi connectivity index (χ2v) is 26.0. The van der Waals surface area contributed by atoms with Crippen LogP contribution in [0.3, 0.4) is 0 Å². The molecule has 79 heavy (non-hydrogen) atoms. The Hall–Kier alpha value is -5.16. The first-order valence-electron chi connectivity index (χ1n) is 29.4. The lowest BCUT2D eigenvalue weighted by atomic mass is 9.69. The Balaban J connectivity index is 0.000000146. The Morgan fingerprint density at radius 2 is 1.61 bits per heavy atom. The fraction of sp³-hybridized carbons (Fsp3) is 0.571. The van der Waals surface area contributed by atoms with Gasteiger partial charge in [-0.15, -0.1) is 11.3 Å². The molecule has 3 aromatic carbocycles. The number of aromatic nitrogens is 3. The molecule has 1 spiro atoms. The standard InChI is InChI=1S/C26H28ClN3O.C19H36N4O.C18H23N3O2S/c1-29-14-10-17(11-15-29)18-8-9-19-22(16-18)30-21-7-5-6-20(27)23(21)24(31)28-25(30)26(19)12-3-2-4-13-26;1-14-9-8-12-22(14)18(24)17(19(2,3)4)23(21)13-16(20)15-10-6-5-7-11-15;1-13-18(24-14(2)20-13)16-5-3-15(4-6-16)17(19-12-22)11-21-7-9-23-10-8-21/h5-9,16-17H,2-4,10-15H2,1H3;13-15,17H,5-12,20-21H2,1-4H3;3-6,12,17H,7-11H2,1-2H3,(H,19,22)/b;16-13-;. The minimum atomic E-state index is -0.389. The maximum absolute atomic E-state index is 13.1. The van der Waals surface area contributed by atoms with Gasteiger partial charge in [0.25, 0.3) is 5.56 Å². The summed E-state index contributed by atoms with van der Waals surface area (Å²) in [5.74, 6) is 8.42. The number of likely N-dealkylation sites (tertiary alicyclic amines) is 2. The lowest BCUT2D eigenvalue weighted by Crippen LogP contribution is -2.56. The van der Waals surface area contributed by atoms with Crippen molar-refractivity contribution in [2.24, 2.45) is 22.9 Å². The van der Waals surface area contributed by atoms with E-state index < -0.39 is 0 Å². The Morgan fingerprint density at radius 3 is 2.24 bits per heavy atom. The molecular formula is C63H87ClN10O4S. The summed E-state index contributed by atoms with van der Waals surface area (Å²) in [6, 6.07) is 21.2. The lowest BCUT2D eigenvalue weighted by Gasteiger charge is -2.39. The molecule has 3 atom stereocenters. The van der Waals surface area contributed by atoms with Crippen molar-refractivity contribution >= 4 is 46.2 Å². The number of rotatable bonds is 11. The molecule has 3 saturated heterocycles. The molecule has 11 rings (SSSR count). The fourth-order valence-corrected chi connectivity index (χ4v) is 14.7. The van der Waals surface area contributed by atoms with Gasteiger partial charge in [0.1, 0.15) is 11.9 Å². The largest absolute Gasteiger partial charge is 0.401 e. The number of thiazole rings is 1. The number of nitrogens with one attached hydrogen (secondary N) is 1. The van der Waals surface area contributed by atoms with Gasteiger partial charge >= 0.3 is 0 Å². The third kappa shape index (κ3) is 13.1. The van der Waals surface area contributed by atoms with E-state index in [0.717, 1.165) is 131 Å². The number of hydrogen-bond donors (Lipinski definition) is 3. The van der Waals surface area contributed by atoms with Crippen molar-refractivity contribution in [1.29, 1.82) is 0 Å². The Kier molecular flexibility index (Phi) is 19.1. The molecule has 0 radical (unpaired) electrons. The molecule has 2 amide bonds. The van der Waals surface area contributed by atoms with Crippen LogP contribution in [0.2, 0.25) is 5.02 Å². The number of carbonyl (C=O) groups is 2. The molecule has 2 aliphatic carbocycles. The van der Waals surface area contributed by atoms with E-state index in [4.69, 9.17) is 32.9 Å². The summed E-state index contributed by atoms with van der Waals surface area (Å²) in [6.07, 6.45) is 18.9. The average molecular weight is 1120 g/mol. The molecule has 14 nitrogen and oxygen atoms in total. The predicted octanol–water partition coefficient (Wildman–Crippen LogP) is 10.9. The van der Waals surface area contributed by atoms with Gasteiger partial charge < -0.3 is 30.6 Å². The molecule has 5 aromatic rings. The molecule has 426 valence electrons. The lowest BCUT2D eigenvalue weighted by molar-refractivity contribution is -0.140. The number of hydrogen-bond acceptors (Lipinski definition) is 12. The van der Waals surface area contributed by atoms with Crippen LogP contribution >= 0.6 is 22.9 Å². The van der Waals surface area contributed by atoms with Crippen molar-refractivity contribution in [3.8, 4) is 16.1 Å². The monoisotopic (exact) mass is 1110 g/mol. The molecule has 6 heterocycles. The maximum atomic E-state index is 13.1. The van der Waals surface area contributed by atoms with E-state index in [2.05, 4.69) is 102 Å². The Bertz CT molecular complexity index is 2980. The number of fused-ring (bicyclic) bond motifs is 7. The van der Waals surface area contributed by atoms with Crippen LogP contribution < -0.4 is 22.5 Å². The van der Waals surface area contributed by atoms with Crippen molar-refractivity contribution in [3.63, 3.8) is 0 Å². The van der Waals surface area contributed by atoms with Crippen LogP contribution in [0.15, 0.2) is 77.4 Å². The van der Waals surface area contributed by atoms with E-state index in [0.29, 0.717) is 28.3 Å². The maximum Gasteiger partial charge on any atom is 0.282 e. The van der Waals surface area contributed by atoms with Gasteiger partial charge in [0.15, 0.2) is 0 Å². The first-order chi connectivity index (χ1) is 38.0. The van der Waals surface area contributed by atoms with Gasteiger partial charge in [0.05, 0.1) is 61.9 Å². The Morgan fingerprint density at radius 1 is 0.911 bits per heavy atom. The first kappa shape index (κ1) is 58.5. The van der Waals surface area contributed by atoms with Crippen LogP contribution in [0.1, 0.15) is 163 Å². The zero-order valence-electron chi connectivity index (χ0n) is 48.1. The number of benzene rings is 3. The summed E-state index contributed by atoms with van der Waals surface area (Å²) >= 11 is 8.19. The third-order valence-corrected chi connectivity index (χ3v) is 19.3. The number of nitrogens with zero attached hydrogens (tertiary/aromatic N) is 7. The highest BCUT2D eigenvalue weighted by Crippen LogP contribution is 2.52. The van der Waals surface area contributed by atoms with Gasteiger partial charge in [-0.25, -0.2) is 10.8 Å². The molecule has 2 aromatic heterocycles. The highest BCUT2D eigenvalue weighted by molar-refractivity contribution is 7.15. The van der Waals surface area contributed by atoms with E-state index in [1.54, 1.807) is 22.4 Å². The molecule has 2 saturated carbocycles. The number of allylic oxidation sites excluding steroid dienone is 1. The third-order valence-electron chi connectivity index (χ3n) is 17.8. The minimum absolute atomic E-state index is 0.000978. The number of halogens is 1. The summed E-state index contributed by atoms with van der Waals surface area (Å²) in [5, 5.41) is 6.64. The van der Waals surface area contributed by atoms with Gasteiger partial charge in [-0.1, -0.05) is 113 Å². The van der Waals surface area contributed by atoms with Gasteiger partial charge in [-0.05, 0) is 150 Å². The average Bonchev–Trinajstić information content (AvgIpc) is 3.62. The summed E-state index contributed by atoms with van der Waals surface area (Å²) in [6.45, 7) is 19.7. The highest BCUT2D eigenvalue weighted by atomic mass is 35.5. The molecule has 3 unspecified atom stereocenters. The molecule has 16 heteroatoms. The van der Waals surface area contributed by atoms with Crippen LogP contribution in [-0.4, -0.2) is 118 Å². The second-order valence-electron chi connectivity index (χ2n) is 24.4. The number of piperidine rings is 1.